The molecule has 0 saturated carbocycles. The number of thiophene rings is 1. The van der Waals surface area contributed by atoms with E-state index in [-0.39, 0.29) is 12.7 Å². The van der Waals surface area contributed by atoms with Gasteiger partial charge in [-0.3, -0.25) is 9.36 Å². The van der Waals surface area contributed by atoms with Crippen molar-refractivity contribution < 1.29 is 19.4 Å². The molecule has 2 atom stereocenters. The number of β-amino-alcohol motifs (C(OH)–C–C–N with tert-alkyl or cyclic N) is 1. The largest absolute Gasteiger partial charge is 0.491 e. The summed E-state index contributed by atoms with van der Waals surface area (Å²) in [7, 11) is 0. The van der Waals surface area contributed by atoms with Crippen LogP contribution in [-0.2, 0) is 0 Å². The molecule has 0 unspecified atom stereocenters. The molecule has 37 heavy (non-hydrogen) atoms. The van der Waals surface area contributed by atoms with Crippen molar-refractivity contribution in [2.24, 2.45) is 5.73 Å². The molecule has 0 radical (unpaired) electrons. The number of hydrogen-bond acceptors (Lipinski definition) is 7. The first-order valence-corrected chi connectivity index (χ1v) is 13.4. The lowest BCUT2D eigenvalue weighted by atomic mass is 10.1. The van der Waals surface area contributed by atoms with E-state index >= 15 is 0 Å². The van der Waals surface area contributed by atoms with Gasteiger partial charge in [0.1, 0.15) is 46.5 Å². The van der Waals surface area contributed by atoms with Gasteiger partial charge in [-0.2, -0.15) is 0 Å². The second-order valence-corrected chi connectivity index (χ2v) is 10.6. The number of nitrogens with zero attached hydrogens (tertiary/aromatic N) is 3. The van der Waals surface area contributed by atoms with Gasteiger partial charge in [-0.1, -0.05) is 29.8 Å². The molecule has 1 fully saturated rings. The van der Waals surface area contributed by atoms with E-state index in [1.165, 1.54) is 24.2 Å². The smallest absolute Gasteiger partial charge is 0.262 e. The van der Waals surface area contributed by atoms with Crippen LogP contribution < -0.4 is 15.2 Å². The summed E-state index contributed by atoms with van der Waals surface area (Å²) in [5.74, 6) is 0.447. The summed E-state index contributed by atoms with van der Waals surface area (Å²) in [6.45, 7) is 4.75. The lowest BCUT2D eigenvalue weighted by molar-refractivity contribution is 0.0759. The number of likely N-dealkylation sites (tertiary alicyclic amines) is 1. The molecule has 1 aliphatic heterocycles. The molecule has 8 nitrogen and oxygen atoms in total. The zero-order chi connectivity index (χ0) is 25.9. The maximum atomic E-state index is 12.2. The predicted octanol–water partition coefficient (Wildman–Crippen LogP) is 4.81. The highest BCUT2D eigenvalue weighted by molar-refractivity contribution is 7.16. The molecular formula is C27H29ClN4O4S. The normalized spacial score (nSPS) is 15.6. The van der Waals surface area contributed by atoms with E-state index in [9.17, 15) is 9.90 Å². The maximum absolute atomic E-state index is 12.2. The van der Waals surface area contributed by atoms with E-state index in [2.05, 4.69) is 9.88 Å². The van der Waals surface area contributed by atoms with Crippen molar-refractivity contribution in [2.75, 3.05) is 26.2 Å². The number of imidazole rings is 1. The second-order valence-electron chi connectivity index (χ2n) is 9.16. The van der Waals surface area contributed by atoms with Gasteiger partial charge in [-0.15, -0.1) is 11.3 Å². The van der Waals surface area contributed by atoms with E-state index in [4.69, 9.17) is 26.8 Å². The van der Waals surface area contributed by atoms with Crippen LogP contribution in [0.25, 0.3) is 16.0 Å². The first kappa shape index (κ1) is 25.5. The number of carbonyl (C=O) groups is 1. The molecule has 3 N–H and O–H groups in total. The van der Waals surface area contributed by atoms with Crippen LogP contribution in [0.3, 0.4) is 0 Å². The molecule has 0 spiro atoms. The molecule has 10 heteroatoms. The van der Waals surface area contributed by atoms with Gasteiger partial charge in [0, 0.05) is 29.3 Å². The number of ether oxygens (including phenoxy) is 2. The molecule has 1 aliphatic rings. The van der Waals surface area contributed by atoms with Crippen molar-refractivity contribution in [2.45, 2.75) is 32.0 Å². The van der Waals surface area contributed by atoms with Crippen LogP contribution in [0.1, 0.15) is 41.1 Å². The lowest BCUT2D eigenvalue weighted by Crippen LogP contribution is -2.33. The molecule has 2 aromatic heterocycles. The van der Waals surface area contributed by atoms with E-state index in [0.717, 1.165) is 34.7 Å². The fraction of sp³-hybridized carbons (Fsp3) is 0.333. The lowest BCUT2D eigenvalue weighted by Gasteiger charge is -2.19. The third-order valence-corrected chi connectivity index (χ3v) is 7.90. The predicted molar refractivity (Wildman–Crippen MR) is 145 cm³/mol. The molecule has 1 saturated heterocycles. The highest BCUT2D eigenvalue weighted by atomic mass is 35.5. The van der Waals surface area contributed by atoms with Gasteiger partial charge >= 0.3 is 0 Å². The summed E-state index contributed by atoms with van der Waals surface area (Å²) in [6, 6.07) is 14.8. The van der Waals surface area contributed by atoms with Gasteiger partial charge < -0.3 is 25.2 Å². The summed E-state index contributed by atoms with van der Waals surface area (Å²) in [6.07, 6.45) is 3.10. The number of carbonyl (C=O) groups excluding carboxylic acids is 1. The average Bonchev–Trinajstić information content (AvgIpc) is 3.62. The van der Waals surface area contributed by atoms with Crippen molar-refractivity contribution in [3.05, 3.63) is 70.3 Å². The molecule has 194 valence electrons. The van der Waals surface area contributed by atoms with Gasteiger partial charge in [0.05, 0.1) is 11.0 Å². The van der Waals surface area contributed by atoms with Crippen molar-refractivity contribution in [3.63, 3.8) is 0 Å². The minimum atomic E-state index is -0.571. The minimum Gasteiger partial charge on any atom is -0.491 e. The number of benzene rings is 2. The number of aromatic nitrogens is 2. The zero-order valence-electron chi connectivity index (χ0n) is 20.5. The van der Waals surface area contributed by atoms with Gasteiger partial charge in [0.15, 0.2) is 0 Å². The summed E-state index contributed by atoms with van der Waals surface area (Å²) in [5.41, 5.74) is 8.07. The van der Waals surface area contributed by atoms with Crippen LogP contribution in [0.2, 0.25) is 5.02 Å². The fourth-order valence-electron chi connectivity index (χ4n) is 4.56. The Bertz CT molecular complexity index is 1400. The van der Waals surface area contributed by atoms with E-state index in [1.54, 1.807) is 18.5 Å². The van der Waals surface area contributed by atoms with Crippen LogP contribution >= 0.6 is 22.9 Å². The summed E-state index contributed by atoms with van der Waals surface area (Å²) in [5, 5.41) is 11.7. The monoisotopic (exact) mass is 540 g/mol. The van der Waals surface area contributed by atoms with Crippen molar-refractivity contribution >= 4 is 39.9 Å². The third-order valence-electron chi connectivity index (χ3n) is 6.42. The summed E-state index contributed by atoms with van der Waals surface area (Å²) < 4.78 is 13.9. The Labute approximate surface area is 224 Å². The van der Waals surface area contributed by atoms with Crippen LogP contribution in [0, 0.1) is 0 Å². The molecule has 4 aromatic rings. The topological polar surface area (TPSA) is 103 Å². The molecule has 0 aliphatic carbocycles. The second kappa shape index (κ2) is 11.1. The number of amides is 1. The fourth-order valence-corrected chi connectivity index (χ4v) is 5.78. The maximum Gasteiger partial charge on any atom is 0.262 e. The molecule has 5 rings (SSSR count). The average molecular weight is 541 g/mol. The molecule has 3 heterocycles. The van der Waals surface area contributed by atoms with E-state index < -0.39 is 12.0 Å². The van der Waals surface area contributed by atoms with Gasteiger partial charge in [0.25, 0.3) is 5.91 Å². The number of hydrogen-bond donors (Lipinski definition) is 2. The van der Waals surface area contributed by atoms with Crippen molar-refractivity contribution in [1.29, 1.82) is 0 Å². The Morgan fingerprint density at radius 3 is 2.76 bits per heavy atom. The van der Waals surface area contributed by atoms with Gasteiger partial charge in [0.2, 0.25) is 0 Å². The Hall–Kier alpha value is -3.11. The van der Waals surface area contributed by atoms with Crippen LogP contribution in [-0.4, -0.2) is 57.8 Å². The highest BCUT2D eigenvalue weighted by Crippen LogP contribution is 2.37. The summed E-state index contributed by atoms with van der Waals surface area (Å²) in [4.78, 5) is 19.3. The quantitative estimate of drug-likeness (QED) is 0.299. The van der Waals surface area contributed by atoms with Crippen LogP contribution in [0.4, 0.5) is 0 Å². The Morgan fingerprint density at radius 2 is 2.00 bits per heavy atom. The Morgan fingerprint density at radius 1 is 1.22 bits per heavy atom. The van der Waals surface area contributed by atoms with Crippen molar-refractivity contribution in [3.8, 4) is 16.5 Å². The Balaban J connectivity index is 1.36. The number of rotatable bonds is 10. The van der Waals surface area contributed by atoms with Gasteiger partial charge in [-0.25, -0.2) is 4.98 Å². The number of primary amides is 1. The first-order valence-electron chi connectivity index (χ1n) is 12.2. The Kier molecular flexibility index (Phi) is 7.66. The standard InChI is InChI=1S/C27H29ClN4O4S/c1-17(20-6-2-3-7-21(20)28)36-24-13-25(37-26(24)27(29)34)32-16-30-22-9-8-19(12-23(22)32)35-15-18(33)14-31-10-4-5-11-31/h2-3,6-9,12-13,16-18,33H,4-5,10-11,14-15H2,1H3,(H2,29,34)/t17-,18-/m1/s1. The SMILES string of the molecule is C[C@@H](Oc1cc(-n2cnc3ccc(OC[C@H](O)CN4CCCC4)cc32)sc1C(N)=O)c1ccccc1Cl. The van der Waals surface area contributed by atoms with Crippen LogP contribution in [0.15, 0.2) is 54.9 Å². The zero-order valence-corrected chi connectivity index (χ0v) is 22.0. The molecule has 2 aromatic carbocycles. The molecule has 1 amide bonds. The first-order chi connectivity index (χ1) is 17.9. The van der Waals surface area contributed by atoms with Crippen molar-refractivity contribution in [1.82, 2.24) is 14.5 Å². The summed E-state index contributed by atoms with van der Waals surface area (Å²) >= 11 is 7.56. The number of halogens is 1. The van der Waals surface area contributed by atoms with Crippen LogP contribution in [0.5, 0.6) is 11.5 Å². The minimum absolute atomic E-state index is 0.207. The van der Waals surface area contributed by atoms with Gasteiger partial charge in [-0.05, 0) is 51.1 Å². The number of aliphatic hydroxyl groups excluding tert-OH is 1. The number of fused-ring (bicyclic) bond motifs is 1. The van der Waals surface area contributed by atoms with E-state index in [1.807, 2.05) is 47.9 Å². The number of aliphatic hydroxyl groups is 1. The third kappa shape index (κ3) is 5.75. The number of nitrogens with two attached hydrogens (primary N) is 1. The van der Waals surface area contributed by atoms with E-state index in [0.29, 0.717) is 27.9 Å². The molecule has 0 bridgehead atoms. The highest BCUT2D eigenvalue weighted by Gasteiger charge is 2.21. The molecular weight excluding hydrogens is 512 g/mol.